The first-order valence-electron chi connectivity index (χ1n) is 10.5. The van der Waals surface area contributed by atoms with Gasteiger partial charge in [-0.3, -0.25) is 14.4 Å². The van der Waals surface area contributed by atoms with Crippen LogP contribution in [0.3, 0.4) is 0 Å². The predicted octanol–water partition coefficient (Wildman–Crippen LogP) is 3.84. The lowest BCUT2D eigenvalue weighted by atomic mass is 9.85. The van der Waals surface area contributed by atoms with Crippen molar-refractivity contribution in [2.24, 2.45) is 5.92 Å². The van der Waals surface area contributed by atoms with E-state index in [0.717, 1.165) is 27.6 Å². The monoisotopic (exact) mass is 415 g/mol. The van der Waals surface area contributed by atoms with Crippen LogP contribution in [0.2, 0.25) is 0 Å². The molecule has 1 aliphatic rings. The molecule has 5 nitrogen and oxygen atoms in total. The van der Waals surface area contributed by atoms with Crippen LogP contribution in [-0.4, -0.2) is 30.6 Å². The third-order valence-electron chi connectivity index (χ3n) is 6.05. The summed E-state index contributed by atoms with van der Waals surface area (Å²) >= 11 is 0. The van der Waals surface area contributed by atoms with Crippen molar-refractivity contribution in [2.75, 3.05) is 7.11 Å². The number of methoxy groups -OCH3 is 1. The minimum Gasteiger partial charge on any atom is -0.497 e. The lowest BCUT2D eigenvalue weighted by Gasteiger charge is -2.15. The molecule has 0 spiro atoms. The summed E-state index contributed by atoms with van der Waals surface area (Å²) in [6, 6.07) is 20.6. The van der Waals surface area contributed by atoms with Crippen molar-refractivity contribution < 1.29 is 19.1 Å². The Kier molecular flexibility index (Phi) is 5.85. The molecule has 1 N–H and O–H groups in total. The van der Waals surface area contributed by atoms with E-state index in [9.17, 15) is 14.4 Å². The predicted molar refractivity (Wildman–Crippen MR) is 119 cm³/mol. The maximum absolute atomic E-state index is 13.1. The number of rotatable bonds is 7. The summed E-state index contributed by atoms with van der Waals surface area (Å²) in [5.74, 6) is -2.17. The first kappa shape index (κ1) is 20.8. The quantitative estimate of drug-likeness (QED) is 0.595. The molecule has 3 aromatic rings. The Morgan fingerprint density at radius 1 is 1.00 bits per heavy atom. The molecule has 3 aromatic carbocycles. The number of benzene rings is 3. The van der Waals surface area contributed by atoms with Gasteiger partial charge in [-0.05, 0) is 46.9 Å². The van der Waals surface area contributed by atoms with Gasteiger partial charge in [-0.1, -0.05) is 61.5 Å². The third kappa shape index (κ3) is 4.22. The molecular formula is C26H25NO4. The molecule has 1 amide bonds. The van der Waals surface area contributed by atoms with Crippen LogP contribution in [0.4, 0.5) is 0 Å². The fourth-order valence-corrected chi connectivity index (χ4v) is 4.15. The van der Waals surface area contributed by atoms with Crippen LogP contribution in [0, 0.1) is 5.92 Å². The van der Waals surface area contributed by atoms with Crippen molar-refractivity contribution in [2.45, 2.75) is 31.7 Å². The smallest absolute Gasteiger partial charge is 0.238 e. The Labute approximate surface area is 181 Å². The average Bonchev–Trinajstić information content (AvgIpc) is 3.09. The second kappa shape index (κ2) is 8.72. The summed E-state index contributed by atoms with van der Waals surface area (Å²) in [6.45, 7) is 1.75. The normalized spacial score (nSPS) is 19.3. The van der Waals surface area contributed by atoms with Crippen molar-refractivity contribution in [3.05, 3.63) is 77.9 Å². The van der Waals surface area contributed by atoms with E-state index in [4.69, 9.17) is 4.74 Å². The highest BCUT2D eigenvalue weighted by Crippen LogP contribution is 2.29. The zero-order valence-electron chi connectivity index (χ0n) is 17.6. The molecule has 1 unspecified atom stereocenters. The zero-order chi connectivity index (χ0) is 22.0. The Morgan fingerprint density at radius 3 is 2.45 bits per heavy atom. The molecule has 1 fully saturated rings. The van der Waals surface area contributed by atoms with Crippen molar-refractivity contribution in [1.82, 2.24) is 5.32 Å². The highest BCUT2D eigenvalue weighted by atomic mass is 16.5. The van der Waals surface area contributed by atoms with Gasteiger partial charge in [0.25, 0.3) is 0 Å². The van der Waals surface area contributed by atoms with Crippen molar-refractivity contribution >= 4 is 28.2 Å². The second-order valence-corrected chi connectivity index (χ2v) is 8.02. The third-order valence-corrected chi connectivity index (χ3v) is 6.05. The molecule has 1 saturated heterocycles. The Hall–Kier alpha value is -3.47. The van der Waals surface area contributed by atoms with Gasteiger partial charge < -0.3 is 10.1 Å². The Morgan fingerprint density at radius 2 is 1.71 bits per heavy atom. The summed E-state index contributed by atoms with van der Waals surface area (Å²) in [6.07, 6.45) is 1.16. The number of nitrogens with one attached hydrogen (secondary N) is 1. The van der Waals surface area contributed by atoms with E-state index in [2.05, 4.69) is 5.32 Å². The number of fused-ring (bicyclic) bond motifs is 1. The minimum absolute atomic E-state index is 0.316. The standard InChI is InChI=1S/C26H25NO4/c1-16(18-9-10-20-15-21(31-2)12-11-19(20)14-18)24(28)23-25(29)22(27-26(23)30)13-8-17-6-4-3-5-7-17/h3-7,9-12,14-16,22-23H,8,13H2,1-2H3,(H,27,30)/t16-,22+,23?/m0/s1. The molecule has 0 aromatic heterocycles. The van der Waals surface area contributed by atoms with Crippen LogP contribution >= 0.6 is 0 Å². The van der Waals surface area contributed by atoms with Gasteiger partial charge in [0.05, 0.1) is 13.2 Å². The topological polar surface area (TPSA) is 72.5 Å². The Bertz CT molecular complexity index is 1140. The first-order chi connectivity index (χ1) is 15.0. The number of carbonyl (C=O) groups excluding carboxylic acids is 3. The summed E-state index contributed by atoms with van der Waals surface area (Å²) in [4.78, 5) is 38.5. The van der Waals surface area contributed by atoms with E-state index in [0.29, 0.717) is 12.8 Å². The largest absolute Gasteiger partial charge is 0.497 e. The van der Waals surface area contributed by atoms with Crippen molar-refractivity contribution in [3.63, 3.8) is 0 Å². The van der Waals surface area contributed by atoms with E-state index in [-0.39, 0.29) is 11.6 Å². The molecule has 1 heterocycles. The molecule has 0 aliphatic carbocycles. The van der Waals surface area contributed by atoms with E-state index in [1.54, 1.807) is 14.0 Å². The molecule has 5 heteroatoms. The SMILES string of the molecule is COc1ccc2cc([C@H](C)C(=O)C3C(=O)N[C@H](CCc4ccccc4)C3=O)ccc2c1. The number of ketones is 2. The maximum Gasteiger partial charge on any atom is 0.238 e. The molecule has 3 atom stereocenters. The van der Waals surface area contributed by atoms with Gasteiger partial charge in [-0.2, -0.15) is 0 Å². The van der Waals surface area contributed by atoms with Crippen LogP contribution in [0.5, 0.6) is 5.75 Å². The van der Waals surface area contributed by atoms with Gasteiger partial charge in [0.2, 0.25) is 5.91 Å². The highest BCUT2D eigenvalue weighted by molar-refractivity contribution is 6.25. The van der Waals surface area contributed by atoms with E-state index < -0.39 is 23.8 Å². The summed E-state index contributed by atoms with van der Waals surface area (Å²) in [5, 5.41) is 4.70. The molecule has 1 aliphatic heterocycles. The summed E-state index contributed by atoms with van der Waals surface area (Å²) < 4.78 is 5.25. The molecule has 158 valence electrons. The van der Waals surface area contributed by atoms with Crippen LogP contribution in [0.15, 0.2) is 66.7 Å². The van der Waals surface area contributed by atoms with Crippen LogP contribution < -0.4 is 10.1 Å². The lowest BCUT2D eigenvalue weighted by Crippen LogP contribution is -2.31. The molecule has 4 rings (SSSR count). The average molecular weight is 415 g/mol. The summed E-state index contributed by atoms with van der Waals surface area (Å²) in [5.41, 5.74) is 1.89. The van der Waals surface area contributed by atoms with Gasteiger partial charge in [0.15, 0.2) is 17.5 Å². The van der Waals surface area contributed by atoms with Crippen LogP contribution in [0.25, 0.3) is 10.8 Å². The number of ether oxygens (including phenoxy) is 1. The number of carbonyl (C=O) groups is 3. The fourth-order valence-electron chi connectivity index (χ4n) is 4.15. The maximum atomic E-state index is 13.1. The van der Waals surface area contributed by atoms with Crippen LogP contribution in [-0.2, 0) is 20.8 Å². The van der Waals surface area contributed by atoms with Crippen molar-refractivity contribution in [1.29, 1.82) is 0 Å². The van der Waals surface area contributed by atoms with Crippen LogP contribution in [0.1, 0.15) is 30.4 Å². The number of hydrogen-bond donors (Lipinski definition) is 1. The minimum atomic E-state index is -1.23. The van der Waals surface area contributed by atoms with E-state index in [1.807, 2.05) is 66.7 Å². The number of amides is 1. The number of Topliss-reactive ketones (excluding diaryl/α,β-unsaturated/α-hetero) is 2. The van der Waals surface area contributed by atoms with Gasteiger partial charge in [0.1, 0.15) is 5.75 Å². The zero-order valence-corrected chi connectivity index (χ0v) is 17.6. The summed E-state index contributed by atoms with van der Waals surface area (Å²) in [7, 11) is 1.62. The molecule has 0 bridgehead atoms. The van der Waals surface area contributed by atoms with Gasteiger partial charge in [0, 0.05) is 5.92 Å². The number of aryl methyl sites for hydroxylation is 1. The van der Waals surface area contributed by atoms with E-state index >= 15 is 0 Å². The highest BCUT2D eigenvalue weighted by Gasteiger charge is 2.46. The van der Waals surface area contributed by atoms with Gasteiger partial charge >= 0.3 is 0 Å². The first-order valence-corrected chi connectivity index (χ1v) is 10.5. The van der Waals surface area contributed by atoms with E-state index in [1.165, 1.54) is 0 Å². The second-order valence-electron chi connectivity index (χ2n) is 8.02. The van der Waals surface area contributed by atoms with Gasteiger partial charge in [-0.15, -0.1) is 0 Å². The molecular weight excluding hydrogens is 390 g/mol. The molecule has 31 heavy (non-hydrogen) atoms. The van der Waals surface area contributed by atoms with Crippen molar-refractivity contribution in [3.8, 4) is 5.75 Å². The lowest BCUT2D eigenvalue weighted by molar-refractivity contribution is -0.137. The fraction of sp³-hybridized carbons (Fsp3) is 0.269. The van der Waals surface area contributed by atoms with Gasteiger partial charge in [-0.25, -0.2) is 0 Å². The Balaban J connectivity index is 1.48. The number of hydrogen-bond acceptors (Lipinski definition) is 4. The molecule has 0 radical (unpaired) electrons. The molecule has 0 saturated carbocycles.